The Hall–Kier alpha value is -1.74. The molecule has 8 nitrogen and oxygen atoms in total. The van der Waals surface area contributed by atoms with Gasteiger partial charge in [0.05, 0.1) is 23.9 Å². The molecule has 1 fully saturated rings. The number of unbranched alkanes of at least 4 members (excludes halogenated alkanes) is 2. The van der Waals surface area contributed by atoms with E-state index in [1.807, 2.05) is 19.1 Å². The number of imidazole rings is 1. The Morgan fingerprint density at radius 3 is 2.65 bits per heavy atom. The maximum atomic E-state index is 10.2. The van der Waals surface area contributed by atoms with Crippen molar-refractivity contribution < 1.29 is 20.1 Å². The molecular formula is C18H28N4O4. The normalized spacial score (nSPS) is 25.9. The average Bonchev–Trinajstić information content (AvgIpc) is 3.10. The van der Waals surface area contributed by atoms with Crippen LogP contribution in [-0.4, -0.2) is 67.5 Å². The second kappa shape index (κ2) is 8.30. The van der Waals surface area contributed by atoms with E-state index in [1.54, 1.807) is 4.52 Å². The van der Waals surface area contributed by atoms with E-state index in [0.717, 1.165) is 30.0 Å². The minimum absolute atomic E-state index is 0.302. The van der Waals surface area contributed by atoms with Crippen molar-refractivity contribution in [3.05, 3.63) is 23.7 Å². The molecule has 3 heterocycles. The average molecular weight is 364 g/mol. The molecule has 26 heavy (non-hydrogen) atoms. The van der Waals surface area contributed by atoms with E-state index in [4.69, 9.17) is 4.74 Å². The number of anilines is 1. The van der Waals surface area contributed by atoms with Crippen LogP contribution >= 0.6 is 0 Å². The molecule has 2 aromatic heterocycles. The Balaban J connectivity index is 1.77. The van der Waals surface area contributed by atoms with Gasteiger partial charge < -0.3 is 25.4 Å². The first kappa shape index (κ1) is 19.0. The van der Waals surface area contributed by atoms with E-state index in [0.29, 0.717) is 12.2 Å². The number of nitrogens with zero attached hydrogens (tertiary/aromatic N) is 3. The van der Waals surface area contributed by atoms with Gasteiger partial charge >= 0.3 is 0 Å². The Morgan fingerprint density at radius 2 is 1.96 bits per heavy atom. The Labute approximate surface area is 152 Å². The maximum absolute atomic E-state index is 10.2. The molecule has 8 heteroatoms. The van der Waals surface area contributed by atoms with Crippen LogP contribution in [0.4, 0.5) is 5.82 Å². The van der Waals surface area contributed by atoms with Gasteiger partial charge in [-0.2, -0.15) is 0 Å². The molecule has 2 aromatic rings. The highest BCUT2D eigenvalue weighted by Crippen LogP contribution is 2.25. The molecule has 1 aliphatic rings. The summed E-state index contributed by atoms with van der Waals surface area (Å²) in [4.78, 5) is 4.55. The van der Waals surface area contributed by atoms with Crippen LogP contribution in [0.25, 0.3) is 5.52 Å². The Bertz CT molecular complexity index is 735. The molecule has 0 aromatic carbocycles. The fourth-order valence-corrected chi connectivity index (χ4v) is 3.34. The summed E-state index contributed by atoms with van der Waals surface area (Å²) in [6, 6.07) is 3.91. The molecule has 1 aliphatic heterocycles. The van der Waals surface area contributed by atoms with E-state index in [1.165, 1.54) is 12.8 Å². The monoisotopic (exact) mass is 364 g/mol. The lowest BCUT2D eigenvalue weighted by molar-refractivity contribution is -0.0221. The first-order chi connectivity index (χ1) is 12.5. The lowest BCUT2D eigenvalue weighted by atomic mass is 10.1. The van der Waals surface area contributed by atoms with Gasteiger partial charge in [0.15, 0.2) is 0 Å². The zero-order valence-corrected chi connectivity index (χ0v) is 15.3. The highest BCUT2D eigenvalue weighted by Gasteiger charge is 2.42. The van der Waals surface area contributed by atoms with Crippen LogP contribution in [0.1, 0.15) is 37.7 Å². The third-order valence-electron chi connectivity index (χ3n) is 4.86. The van der Waals surface area contributed by atoms with E-state index < -0.39 is 24.4 Å². The van der Waals surface area contributed by atoms with E-state index >= 15 is 0 Å². The molecule has 0 amide bonds. The smallest absolute Gasteiger partial charge is 0.147 e. The number of aliphatic hydroxyl groups excluding tert-OH is 3. The number of ether oxygens (including phenoxy) is 1. The zero-order chi connectivity index (χ0) is 18.7. The van der Waals surface area contributed by atoms with Gasteiger partial charge in [-0.05, 0) is 25.5 Å². The predicted octanol–water partition coefficient (Wildman–Crippen LogP) is 0.664. The van der Waals surface area contributed by atoms with Crippen LogP contribution in [0.3, 0.4) is 0 Å². The third-order valence-corrected chi connectivity index (χ3v) is 4.86. The third kappa shape index (κ3) is 3.83. The molecule has 0 bridgehead atoms. The van der Waals surface area contributed by atoms with Crippen molar-refractivity contribution in [3.8, 4) is 0 Å². The quantitative estimate of drug-likeness (QED) is 0.509. The number of hydrogen-bond donors (Lipinski definition) is 4. The van der Waals surface area contributed by atoms with Crippen LogP contribution in [-0.2, 0) is 11.2 Å². The summed E-state index contributed by atoms with van der Waals surface area (Å²) in [7, 11) is 0. The van der Waals surface area contributed by atoms with Gasteiger partial charge in [-0.1, -0.05) is 19.8 Å². The first-order valence-corrected chi connectivity index (χ1v) is 9.26. The number of aryl methyl sites for hydroxylation is 1. The molecule has 0 unspecified atom stereocenters. The molecule has 0 spiro atoms. The Morgan fingerprint density at radius 1 is 1.19 bits per heavy atom. The van der Waals surface area contributed by atoms with Crippen molar-refractivity contribution >= 4 is 11.3 Å². The van der Waals surface area contributed by atoms with Gasteiger partial charge in [0.2, 0.25) is 0 Å². The van der Waals surface area contributed by atoms with Crippen molar-refractivity contribution in [2.45, 2.75) is 63.9 Å². The van der Waals surface area contributed by atoms with Crippen LogP contribution in [0.15, 0.2) is 12.1 Å². The van der Waals surface area contributed by atoms with Gasteiger partial charge in [0.25, 0.3) is 0 Å². The largest absolute Gasteiger partial charge is 0.394 e. The number of aliphatic hydroxyl groups is 3. The van der Waals surface area contributed by atoms with Crippen molar-refractivity contribution in [1.29, 1.82) is 0 Å². The number of rotatable bonds is 8. The summed E-state index contributed by atoms with van der Waals surface area (Å²) in [5.41, 5.74) is 1.74. The summed E-state index contributed by atoms with van der Waals surface area (Å²) in [5.74, 6) is 1.43. The molecule has 0 radical (unpaired) electrons. The number of aromatic nitrogens is 3. The van der Waals surface area contributed by atoms with Gasteiger partial charge in [-0.25, -0.2) is 9.50 Å². The van der Waals surface area contributed by atoms with E-state index in [2.05, 4.69) is 22.3 Å². The van der Waals surface area contributed by atoms with Crippen molar-refractivity contribution in [2.75, 3.05) is 18.5 Å². The summed E-state index contributed by atoms with van der Waals surface area (Å²) >= 11 is 0. The van der Waals surface area contributed by atoms with Crippen LogP contribution in [0, 0.1) is 6.92 Å². The van der Waals surface area contributed by atoms with Crippen LogP contribution in [0.5, 0.6) is 0 Å². The molecular weight excluding hydrogens is 336 g/mol. The molecule has 4 atom stereocenters. The number of nitrogens with one attached hydrogen (secondary N) is 1. The lowest BCUT2D eigenvalue weighted by Gasteiger charge is -2.13. The molecule has 0 saturated carbocycles. The molecule has 3 rings (SSSR count). The van der Waals surface area contributed by atoms with Gasteiger partial charge in [-0.3, -0.25) is 0 Å². The van der Waals surface area contributed by atoms with Crippen LogP contribution in [0.2, 0.25) is 0 Å². The second-order valence-electron chi connectivity index (χ2n) is 6.84. The van der Waals surface area contributed by atoms with Crippen LogP contribution < -0.4 is 5.32 Å². The highest BCUT2D eigenvalue weighted by atomic mass is 16.6. The minimum Gasteiger partial charge on any atom is -0.394 e. The minimum atomic E-state index is -1.10. The molecule has 1 saturated heterocycles. The summed E-state index contributed by atoms with van der Waals surface area (Å²) in [5, 5.41) is 37.3. The maximum Gasteiger partial charge on any atom is 0.147 e. The lowest BCUT2D eigenvalue weighted by Crippen LogP contribution is -2.34. The van der Waals surface area contributed by atoms with E-state index in [9.17, 15) is 15.3 Å². The second-order valence-corrected chi connectivity index (χ2v) is 6.84. The molecule has 0 aliphatic carbocycles. The zero-order valence-electron chi connectivity index (χ0n) is 15.3. The molecule has 4 N–H and O–H groups in total. The van der Waals surface area contributed by atoms with Gasteiger partial charge in [0.1, 0.15) is 30.0 Å². The molecule has 144 valence electrons. The standard InChI is InChI=1S/C18H28N4O4/c1-3-4-5-8-19-15-7-6-12-11(2)20-16(22(12)21-15)9-13-17(24)18(25)14(10-23)26-13/h6-7,13-14,17-18,23-25H,3-5,8-10H2,1-2H3,(H,19,21)/t13-,14+,17-,18+/m0/s1. The Kier molecular flexibility index (Phi) is 6.08. The SMILES string of the molecule is CCCCCNc1ccc2c(C)nc(C[C@@H]3O[C@H](CO)[C@@H](O)[C@H]3O)n2n1. The first-order valence-electron chi connectivity index (χ1n) is 9.26. The van der Waals surface area contributed by atoms with Crippen molar-refractivity contribution in [2.24, 2.45) is 0 Å². The fraction of sp³-hybridized carbons (Fsp3) is 0.667. The summed E-state index contributed by atoms with van der Waals surface area (Å²) in [6.07, 6.45) is 0.182. The number of hydrogen-bond acceptors (Lipinski definition) is 7. The topological polar surface area (TPSA) is 112 Å². The van der Waals surface area contributed by atoms with Crippen molar-refractivity contribution in [1.82, 2.24) is 14.6 Å². The van der Waals surface area contributed by atoms with E-state index in [-0.39, 0.29) is 6.61 Å². The number of fused-ring (bicyclic) bond motifs is 1. The van der Waals surface area contributed by atoms with Gasteiger partial charge in [0, 0.05) is 13.0 Å². The highest BCUT2D eigenvalue weighted by molar-refractivity contribution is 5.54. The fourth-order valence-electron chi connectivity index (χ4n) is 3.34. The van der Waals surface area contributed by atoms with Gasteiger partial charge in [-0.15, -0.1) is 5.10 Å². The summed E-state index contributed by atoms with van der Waals surface area (Å²) in [6.45, 7) is 4.61. The summed E-state index contributed by atoms with van der Waals surface area (Å²) < 4.78 is 7.33. The van der Waals surface area contributed by atoms with Crippen molar-refractivity contribution in [3.63, 3.8) is 0 Å². The predicted molar refractivity (Wildman–Crippen MR) is 97.2 cm³/mol.